The van der Waals surface area contributed by atoms with Crippen molar-refractivity contribution in [1.29, 1.82) is 0 Å². The minimum atomic E-state index is -0.352. The number of fused-ring (bicyclic) bond motifs is 2. The van der Waals surface area contributed by atoms with Gasteiger partial charge in [0.25, 0.3) is 11.8 Å². The summed E-state index contributed by atoms with van der Waals surface area (Å²) >= 11 is 0. The third kappa shape index (κ3) is 2.86. The summed E-state index contributed by atoms with van der Waals surface area (Å²) in [6, 6.07) is 12.7. The molecule has 0 saturated carbocycles. The van der Waals surface area contributed by atoms with Crippen LogP contribution in [-0.4, -0.2) is 52.8 Å². The summed E-state index contributed by atoms with van der Waals surface area (Å²) in [6.45, 7) is 1.11. The lowest BCUT2D eigenvalue weighted by Gasteiger charge is -2.26. The second kappa shape index (κ2) is 6.88. The lowest BCUT2D eigenvalue weighted by molar-refractivity contribution is 0.0693. The van der Waals surface area contributed by atoms with Gasteiger partial charge in [0, 0.05) is 48.5 Å². The van der Waals surface area contributed by atoms with E-state index in [1.807, 2.05) is 18.3 Å². The fourth-order valence-corrected chi connectivity index (χ4v) is 4.08. The van der Waals surface area contributed by atoms with E-state index < -0.39 is 0 Å². The summed E-state index contributed by atoms with van der Waals surface area (Å²) in [5.74, 6) is -0.672. The zero-order valence-electron chi connectivity index (χ0n) is 16.4. The molecular weight excluding hydrogens is 380 g/mol. The Morgan fingerprint density at radius 3 is 2.63 bits per heavy atom. The number of hydrogen-bond acceptors (Lipinski definition) is 3. The van der Waals surface area contributed by atoms with E-state index in [0.717, 1.165) is 16.8 Å². The van der Waals surface area contributed by atoms with Crippen LogP contribution in [0, 0.1) is 0 Å². The Morgan fingerprint density at radius 1 is 1.03 bits per heavy atom. The van der Waals surface area contributed by atoms with E-state index in [2.05, 4.69) is 28.5 Å². The molecule has 0 fully saturated rings. The van der Waals surface area contributed by atoms with E-state index >= 15 is 0 Å². The first-order chi connectivity index (χ1) is 14.5. The molecule has 2 aromatic carbocycles. The first kappa shape index (κ1) is 18.2. The molecule has 5 rings (SSSR count). The summed E-state index contributed by atoms with van der Waals surface area (Å²) < 4.78 is 0. The van der Waals surface area contributed by atoms with Crippen LogP contribution >= 0.6 is 0 Å². The van der Waals surface area contributed by atoms with E-state index in [1.165, 1.54) is 23.6 Å². The zero-order chi connectivity index (χ0) is 20.8. The Bertz CT molecular complexity index is 1240. The number of hydrogen-bond donors (Lipinski definition) is 2. The predicted molar refractivity (Wildman–Crippen MR) is 114 cm³/mol. The number of imide groups is 1. The molecule has 7 nitrogen and oxygen atoms in total. The number of anilines is 1. The summed E-state index contributed by atoms with van der Waals surface area (Å²) in [7, 11) is 1.45. The average Bonchev–Trinajstić information content (AvgIpc) is 3.29. The molecule has 0 saturated heterocycles. The normalized spacial score (nSPS) is 16.1. The van der Waals surface area contributed by atoms with E-state index in [1.54, 1.807) is 23.1 Å². The lowest BCUT2D eigenvalue weighted by Crippen LogP contribution is -2.37. The second-order valence-corrected chi connectivity index (χ2v) is 7.53. The molecule has 3 heterocycles. The van der Waals surface area contributed by atoms with E-state index in [4.69, 9.17) is 0 Å². The van der Waals surface area contributed by atoms with Crippen molar-refractivity contribution in [3.05, 3.63) is 71.4 Å². The number of aromatic nitrogens is 1. The lowest BCUT2D eigenvalue weighted by atomic mass is 9.99. The largest absolute Gasteiger partial charge is 0.361 e. The number of rotatable bonds is 2. The fraction of sp³-hybridized carbons (Fsp3) is 0.174. The summed E-state index contributed by atoms with van der Waals surface area (Å²) in [4.78, 5) is 43.0. The molecule has 0 bridgehead atoms. The number of nitrogens with zero attached hydrogens (tertiary/aromatic N) is 2. The quantitative estimate of drug-likeness (QED) is 0.643. The highest BCUT2D eigenvalue weighted by Crippen LogP contribution is 2.29. The van der Waals surface area contributed by atoms with Crippen molar-refractivity contribution in [1.82, 2.24) is 14.8 Å². The molecule has 2 N–H and O–H groups in total. The van der Waals surface area contributed by atoms with Crippen LogP contribution < -0.4 is 5.32 Å². The number of benzene rings is 2. The number of H-pyrrole nitrogens is 1. The van der Waals surface area contributed by atoms with Crippen LogP contribution in [-0.2, 0) is 0 Å². The Hall–Kier alpha value is -3.87. The highest BCUT2D eigenvalue weighted by Gasteiger charge is 2.33. The Morgan fingerprint density at radius 2 is 1.83 bits per heavy atom. The minimum absolute atomic E-state index is 0.227. The Kier molecular flexibility index (Phi) is 4.17. The molecule has 1 aromatic heterocycles. The number of urea groups is 1. The summed E-state index contributed by atoms with van der Waals surface area (Å²) in [6.07, 6.45) is 4.86. The molecule has 3 aromatic rings. The zero-order valence-corrected chi connectivity index (χ0v) is 16.4. The van der Waals surface area contributed by atoms with Crippen molar-refractivity contribution in [2.24, 2.45) is 0 Å². The average molecular weight is 400 g/mol. The molecule has 0 spiro atoms. The Balaban J connectivity index is 1.30. The number of nitrogens with one attached hydrogen (secondary N) is 2. The van der Waals surface area contributed by atoms with E-state index in [-0.39, 0.29) is 17.8 Å². The number of aromatic amines is 1. The summed E-state index contributed by atoms with van der Waals surface area (Å²) in [5, 5.41) is 4.02. The fourth-order valence-electron chi connectivity index (χ4n) is 4.08. The van der Waals surface area contributed by atoms with Gasteiger partial charge in [-0.2, -0.15) is 0 Å². The van der Waals surface area contributed by atoms with Crippen molar-refractivity contribution in [3.8, 4) is 0 Å². The van der Waals surface area contributed by atoms with Gasteiger partial charge in [-0.3, -0.25) is 14.5 Å². The maximum atomic E-state index is 12.7. The van der Waals surface area contributed by atoms with Crippen LogP contribution in [0.2, 0.25) is 0 Å². The molecule has 7 heteroatoms. The van der Waals surface area contributed by atoms with Gasteiger partial charge in [-0.05, 0) is 36.3 Å². The molecule has 0 atom stereocenters. The number of carbonyl (C=O) groups excluding carboxylic acids is 3. The Labute approximate surface area is 173 Å². The van der Waals surface area contributed by atoms with Gasteiger partial charge < -0.3 is 15.2 Å². The van der Waals surface area contributed by atoms with Crippen molar-refractivity contribution in [2.45, 2.75) is 6.42 Å². The van der Waals surface area contributed by atoms with Crippen LogP contribution in [0.5, 0.6) is 0 Å². The molecule has 30 heavy (non-hydrogen) atoms. The van der Waals surface area contributed by atoms with E-state index in [0.29, 0.717) is 29.9 Å². The molecule has 4 amide bonds. The number of para-hydroxylation sites is 1. The standard InChI is InChI=1S/C23H20N4O3/c1-26-21(28)17-7-6-15(12-18(17)22(26)29)25-23(30)27-10-8-14(9-11-27)19-13-24-20-5-3-2-4-16(19)20/h2-8,12-13,24H,9-11H2,1H3,(H,25,30). The van der Waals surface area contributed by atoms with Gasteiger partial charge >= 0.3 is 6.03 Å². The molecule has 2 aliphatic rings. The van der Waals surface area contributed by atoms with Crippen LogP contribution in [0.15, 0.2) is 54.7 Å². The topological polar surface area (TPSA) is 85.5 Å². The van der Waals surface area contributed by atoms with Crippen LogP contribution in [0.4, 0.5) is 10.5 Å². The van der Waals surface area contributed by atoms with Crippen LogP contribution in [0.25, 0.3) is 16.5 Å². The van der Waals surface area contributed by atoms with Crippen LogP contribution in [0.3, 0.4) is 0 Å². The molecule has 0 aliphatic carbocycles. The van der Waals surface area contributed by atoms with Gasteiger partial charge in [0.05, 0.1) is 11.1 Å². The monoisotopic (exact) mass is 400 g/mol. The van der Waals surface area contributed by atoms with Gasteiger partial charge in [0.1, 0.15) is 0 Å². The van der Waals surface area contributed by atoms with Gasteiger partial charge in [-0.25, -0.2) is 4.79 Å². The predicted octanol–water partition coefficient (Wildman–Crippen LogP) is 3.71. The van der Waals surface area contributed by atoms with Crippen molar-refractivity contribution in [2.75, 3.05) is 25.5 Å². The summed E-state index contributed by atoms with van der Waals surface area (Å²) in [5.41, 5.74) is 4.69. The maximum Gasteiger partial charge on any atom is 0.322 e. The minimum Gasteiger partial charge on any atom is -0.361 e. The first-order valence-electron chi connectivity index (χ1n) is 9.81. The molecule has 0 radical (unpaired) electrons. The smallest absolute Gasteiger partial charge is 0.322 e. The van der Waals surface area contributed by atoms with Gasteiger partial charge in [-0.1, -0.05) is 24.3 Å². The highest BCUT2D eigenvalue weighted by molar-refractivity contribution is 6.21. The molecule has 0 unspecified atom stereocenters. The van der Waals surface area contributed by atoms with Gasteiger partial charge in [-0.15, -0.1) is 0 Å². The number of carbonyl (C=O) groups is 3. The van der Waals surface area contributed by atoms with Crippen molar-refractivity contribution >= 4 is 40.0 Å². The molecular formula is C23H20N4O3. The molecule has 2 aliphatic heterocycles. The van der Waals surface area contributed by atoms with Crippen molar-refractivity contribution in [3.63, 3.8) is 0 Å². The van der Waals surface area contributed by atoms with E-state index in [9.17, 15) is 14.4 Å². The first-order valence-corrected chi connectivity index (χ1v) is 9.81. The second-order valence-electron chi connectivity index (χ2n) is 7.53. The van der Waals surface area contributed by atoms with Crippen LogP contribution in [0.1, 0.15) is 32.7 Å². The number of amides is 4. The highest BCUT2D eigenvalue weighted by atomic mass is 16.2. The molecule has 150 valence electrons. The maximum absolute atomic E-state index is 12.7. The van der Waals surface area contributed by atoms with Gasteiger partial charge in [0.15, 0.2) is 0 Å². The van der Waals surface area contributed by atoms with Crippen molar-refractivity contribution < 1.29 is 14.4 Å². The van der Waals surface area contributed by atoms with Gasteiger partial charge in [0.2, 0.25) is 0 Å². The third-order valence-corrected chi connectivity index (χ3v) is 5.77. The third-order valence-electron chi connectivity index (χ3n) is 5.77. The SMILES string of the molecule is CN1C(=O)c2ccc(NC(=O)N3CC=C(c4c[nH]c5ccccc45)CC3)cc2C1=O.